The molecule has 0 saturated carbocycles. The molecule has 0 amide bonds. The second-order valence-corrected chi connectivity index (χ2v) is 8.34. The first-order chi connectivity index (χ1) is 16.0. The highest BCUT2D eigenvalue weighted by molar-refractivity contribution is 4.95. The van der Waals surface area contributed by atoms with Gasteiger partial charge in [0.15, 0.2) is 18.9 Å². The van der Waals surface area contributed by atoms with E-state index in [-0.39, 0.29) is 0 Å². The quantitative estimate of drug-likeness (QED) is 0.154. The molecule has 0 unspecified atom stereocenters. The maximum atomic E-state index is 10.6. The highest BCUT2D eigenvalue weighted by Crippen LogP contribution is 2.32. The van der Waals surface area contributed by atoms with Gasteiger partial charge in [-0.1, -0.05) is 0 Å². The van der Waals surface area contributed by atoms with Crippen LogP contribution < -0.4 is 0 Å². The molecule has 3 heterocycles. The van der Waals surface area contributed by atoms with Crippen molar-refractivity contribution in [2.45, 2.75) is 92.1 Å². The minimum absolute atomic E-state index is 0.762. The number of aliphatic hydroxyl groups is 11. The van der Waals surface area contributed by atoms with E-state index in [2.05, 4.69) is 0 Å². The molecule has 3 aliphatic rings. The van der Waals surface area contributed by atoms with Crippen LogP contribution in [-0.2, 0) is 23.7 Å². The molecule has 0 spiro atoms. The van der Waals surface area contributed by atoms with Crippen LogP contribution in [0.3, 0.4) is 0 Å². The first-order valence-electron chi connectivity index (χ1n) is 10.6. The van der Waals surface area contributed by atoms with Gasteiger partial charge in [-0.2, -0.15) is 0 Å². The first-order valence-corrected chi connectivity index (χ1v) is 10.6. The summed E-state index contributed by atoms with van der Waals surface area (Å²) in [4.78, 5) is 0. The fraction of sp³-hybridized carbons (Fsp3) is 1.00. The summed E-state index contributed by atoms with van der Waals surface area (Å²) in [7, 11) is 0. The van der Waals surface area contributed by atoms with Crippen molar-refractivity contribution in [3.05, 3.63) is 0 Å². The summed E-state index contributed by atoms with van der Waals surface area (Å²) in [5.41, 5.74) is 0. The lowest BCUT2D eigenvalue weighted by molar-refractivity contribution is -0.401. The second-order valence-electron chi connectivity index (χ2n) is 8.34. The highest BCUT2D eigenvalue weighted by atomic mass is 16.8. The normalized spacial score (nSPS) is 52.5. The number of hydrogen-bond donors (Lipinski definition) is 11. The van der Waals surface area contributed by atoms with Gasteiger partial charge >= 0.3 is 0 Å². The lowest BCUT2D eigenvalue weighted by Crippen LogP contribution is -2.66. The van der Waals surface area contributed by atoms with Gasteiger partial charge in [-0.05, 0) is 0 Å². The maximum Gasteiger partial charge on any atom is 0.190 e. The molecule has 3 fully saturated rings. The number of rotatable bonds is 7. The average molecular weight is 504 g/mol. The van der Waals surface area contributed by atoms with Crippen molar-refractivity contribution in [3.63, 3.8) is 0 Å². The molecule has 34 heavy (non-hydrogen) atoms. The third-order valence-corrected chi connectivity index (χ3v) is 6.08. The first kappa shape index (κ1) is 27.9. The molecule has 0 aliphatic carbocycles. The van der Waals surface area contributed by atoms with E-state index in [0.717, 1.165) is 0 Å². The average Bonchev–Trinajstić information content (AvgIpc) is 2.83. The number of ether oxygens (including phenoxy) is 5. The smallest absolute Gasteiger partial charge is 0.190 e. The van der Waals surface area contributed by atoms with Crippen molar-refractivity contribution in [1.29, 1.82) is 0 Å². The van der Waals surface area contributed by atoms with Crippen molar-refractivity contribution >= 4 is 0 Å². The fourth-order valence-electron chi connectivity index (χ4n) is 3.96. The van der Waals surface area contributed by atoms with Gasteiger partial charge in [-0.3, -0.25) is 0 Å². The largest absolute Gasteiger partial charge is 0.394 e. The molecule has 0 bridgehead atoms. The number of aliphatic hydroxyl groups excluding tert-OH is 11. The summed E-state index contributed by atoms with van der Waals surface area (Å²) in [6, 6.07) is 0. The van der Waals surface area contributed by atoms with Crippen LogP contribution in [0.5, 0.6) is 0 Å². The summed E-state index contributed by atoms with van der Waals surface area (Å²) < 4.78 is 26.8. The molecule has 0 radical (unpaired) electrons. The molecule has 16 nitrogen and oxygen atoms in total. The Labute approximate surface area is 192 Å². The lowest BCUT2D eigenvalue weighted by Gasteiger charge is -2.47. The monoisotopic (exact) mass is 504 g/mol. The Morgan fingerprint density at radius 3 is 1.18 bits per heavy atom. The van der Waals surface area contributed by atoms with Gasteiger partial charge < -0.3 is 79.9 Å². The summed E-state index contributed by atoms with van der Waals surface area (Å²) in [5, 5.41) is 109. The highest BCUT2D eigenvalue weighted by Gasteiger charge is 2.53. The summed E-state index contributed by atoms with van der Waals surface area (Å²) >= 11 is 0. The van der Waals surface area contributed by atoms with E-state index in [1.54, 1.807) is 0 Å². The standard InChI is InChI=1S/C18H32O16/c19-1-4-7(22)10(25)13(28)16(30-4)33-15-12(27)9(24)6(3-21)32-18(15)34-17-14(29)11(26)8(23)5(2-20)31-17/h4-29H,1-3H2/t4-,5-,6-,7+,8-,9-,10+,11+,12+,13-,14-,15-,16+,17-,18+/m1/s1. The van der Waals surface area contributed by atoms with Crippen molar-refractivity contribution < 1.29 is 79.9 Å². The van der Waals surface area contributed by atoms with Crippen LogP contribution in [-0.4, -0.2) is 168 Å². The summed E-state index contributed by atoms with van der Waals surface area (Å²) in [6.07, 6.45) is -25.6. The zero-order chi connectivity index (χ0) is 25.3. The van der Waals surface area contributed by atoms with E-state index in [9.17, 15) is 56.2 Å². The topological polar surface area (TPSA) is 269 Å². The maximum absolute atomic E-state index is 10.6. The molecule has 0 aromatic carbocycles. The Balaban J connectivity index is 1.81. The van der Waals surface area contributed by atoms with Gasteiger partial charge in [-0.15, -0.1) is 0 Å². The molecule has 0 aromatic rings. The van der Waals surface area contributed by atoms with Crippen LogP contribution in [0.25, 0.3) is 0 Å². The Bertz CT molecular complexity index is 637. The van der Waals surface area contributed by atoms with Crippen LogP contribution in [0, 0.1) is 0 Å². The predicted octanol–water partition coefficient (Wildman–Crippen LogP) is -7.57. The van der Waals surface area contributed by atoms with E-state index in [1.807, 2.05) is 0 Å². The molecule has 3 rings (SSSR count). The van der Waals surface area contributed by atoms with E-state index in [0.29, 0.717) is 0 Å². The van der Waals surface area contributed by atoms with E-state index in [4.69, 9.17) is 23.7 Å². The molecule has 15 atom stereocenters. The molecule has 16 heteroatoms. The fourth-order valence-corrected chi connectivity index (χ4v) is 3.96. The van der Waals surface area contributed by atoms with Crippen molar-refractivity contribution in [1.82, 2.24) is 0 Å². The van der Waals surface area contributed by atoms with E-state index < -0.39 is 112 Å². The molecule has 0 aromatic heterocycles. The summed E-state index contributed by atoms with van der Waals surface area (Å²) in [5.74, 6) is 0. The van der Waals surface area contributed by atoms with Gasteiger partial charge in [0.05, 0.1) is 19.8 Å². The molecular formula is C18H32O16. The van der Waals surface area contributed by atoms with Crippen LogP contribution in [0.2, 0.25) is 0 Å². The number of hydrogen-bond acceptors (Lipinski definition) is 16. The third kappa shape index (κ3) is 5.37. The van der Waals surface area contributed by atoms with Gasteiger partial charge in [0.1, 0.15) is 73.2 Å². The van der Waals surface area contributed by atoms with Crippen molar-refractivity contribution in [2.75, 3.05) is 19.8 Å². The van der Waals surface area contributed by atoms with Gasteiger partial charge in [-0.25, -0.2) is 0 Å². The molecule has 11 N–H and O–H groups in total. The van der Waals surface area contributed by atoms with E-state index >= 15 is 0 Å². The van der Waals surface area contributed by atoms with Gasteiger partial charge in [0, 0.05) is 0 Å². The van der Waals surface area contributed by atoms with Crippen LogP contribution in [0.4, 0.5) is 0 Å². The summed E-state index contributed by atoms with van der Waals surface area (Å²) in [6.45, 7) is -2.32. The van der Waals surface area contributed by atoms with Crippen molar-refractivity contribution in [3.8, 4) is 0 Å². The molecule has 3 saturated heterocycles. The minimum atomic E-state index is -1.88. The van der Waals surface area contributed by atoms with Crippen LogP contribution in [0.15, 0.2) is 0 Å². The molecular weight excluding hydrogens is 472 g/mol. The molecule has 200 valence electrons. The molecule has 3 aliphatic heterocycles. The van der Waals surface area contributed by atoms with E-state index in [1.165, 1.54) is 0 Å². The minimum Gasteiger partial charge on any atom is -0.394 e. The Hall–Kier alpha value is -0.640. The Kier molecular flexibility index (Phi) is 9.54. The van der Waals surface area contributed by atoms with Gasteiger partial charge in [0.2, 0.25) is 0 Å². The van der Waals surface area contributed by atoms with Crippen molar-refractivity contribution in [2.24, 2.45) is 0 Å². The van der Waals surface area contributed by atoms with Crippen LogP contribution >= 0.6 is 0 Å². The second kappa shape index (κ2) is 11.6. The van der Waals surface area contributed by atoms with Crippen LogP contribution in [0.1, 0.15) is 0 Å². The van der Waals surface area contributed by atoms with Gasteiger partial charge in [0.25, 0.3) is 0 Å². The zero-order valence-electron chi connectivity index (χ0n) is 17.7. The zero-order valence-corrected chi connectivity index (χ0v) is 17.7. The SMILES string of the molecule is OC[C@H]1O[C@@H](O[C@H]2[C@H](O[C@H]3O[C@H](CO)[C@@H](O)[C@H](O)[C@H]3O)O[C@H](CO)[C@@H](O)[C@@H]2O)[C@H](O)[C@@H](O)[C@H]1O. The Morgan fingerprint density at radius 1 is 0.412 bits per heavy atom. The Morgan fingerprint density at radius 2 is 0.765 bits per heavy atom. The lowest BCUT2D eigenvalue weighted by atomic mass is 9.97. The third-order valence-electron chi connectivity index (χ3n) is 6.08. The predicted molar refractivity (Wildman–Crippen MR) is 101 cm³/mol.